The van der Waals surface area contributed by atoms with Crippen LogP contribution < -0.4 is 0 Å². The molecule has 0 fully saturated rings. The van der Waals surface area contributed by atoms with E-state index in [1.165, 1.54) is 0 Å². The first-order valence-electron chi connectivity index (χ1n) is 5.24. The number of hydrogen-bond donors (Lipinski definition) is 1. The van der Waals surface area contributed by atoms with Crippen LogP contribution in [0.15, 0.2) is 12.1 Å². The minimum absolute atomic E-state index is 0.427. The third kappa shape index (κ3) is 2.72. The molecule has 3 nitrogen and oxygen atoms in total. The monoisotopic (exact) mass is 354 g/mol. The normalized spacial score (nSPS) is 13.1. The Morgan fingerprint density at radius 2 is 1.22 bits per heavy atom. The van der Waals surface area contributed by atoms with Gasteiger partial charge in [0.25, 0.3) is 0 Å². The van der Waals surface area contributed by atoms with E-state index in [4.69, 9.17) is 5.11 Å². The third-order valence-corrected chi connectivity index (χ3v) is 2.59. The number of benzene rings is 1. The van der Waals surface area contributed by atoms with E-state index in [0.717, 1.165) is 0 Å². The SMILES string of the molecule is O=C(O)C(F)(F)C(F)(F)C(F)(F)C(=O)c1cc(F)c(F)c(F)c1. The summed E-state index contributed by atoms with van der Waals surface area (Å²) in [5.41, 5.74) is -1.90. The Morgan fingerprint density at radius 1 is 0.826 bits per heavy atom. The first-order chi connectivity index (χ1) is 10.2. The van der Waals surface area contributed by atoms with Crippen molar-refractivity contribution in [1.82, 2.24) is 0 Å². The van der Waals surface area contributed by atoms with Crippen molar-refractivity contribution in [2.45, 2.75) is 17.8 Å². The molecule has 0 amide bonds. The number of rotatable bonds is 5. The Hall–Kier alpha value is -2.27. The maximum Gasteiger partial charge on any atom is 0.411 e. The molecule has 0 spiro atoms. The number of carbonyl (C=O) groups excluding carboxylic acids is 1. The molecule has 23 heavy (non-hydrogen) atoms. The molecular formula is C11H3F9O3. The molecule has 0 bridgehead atoms. The fraction of sp³-hybridized carbons (Fsp3) is 0.273. The number of carbonyl (C=O) groups is 2. The van der Waals surface area contributed by atoms with Gasteiger partial charge in [-0.2, -0.15) is 26.3 Å². The van der Waals surface area contributed by atoms with Crippen LogP contribution in [0.25, 0.3) is 0 Å². The first-order valence-corrected chi connectivity index (χ1v) is 5.24. The van der Waals surface area contributed by atoms with Crippen molar-refractivity contribution in [2.75, 3.05) is 0 Å². The summed E-state index contributed by atoms with van der Waals surface area (Å²) in [5.74, 6) is -33.0. The van der Waals surface area contributed by atoms with Gasteiger partial charge in [0.15, 0.2) is 17.5 Å². The van der Waals surface area contributed by atoms with Crippen molar-refractivity contribution in [3.05, 3.63) is 35.1 Å². The zero-order valence-electron chi connectivity index (χ0n) is 10.3. The molecule has 0 unspecified atom stereocenters. The van der Waals surface area contributed by atoms with Gasteiger partial charge in [-0.1, -0.05) is 0 Å². The lowest BCUT2D eigenvalue weighted by Gasteiger charge is -2.29. The Morgan fingerprint density at radius 3 is 1.57 bits per heavy atom. The Labute approximate surface area is 120 Å². The van der Waals surface area contributed by atoms with E-state index < -0.39 is 64.7 Å². The summed E-state index contributed by atoms with van der Waals surface area (Å²) in [6.07, 6.45) is 0. The summed E-state index contributed by atoms with van der Waals surface area (Å²) in [6, 6.07) is -0.854. The smallest absolute Gasteiger partial charge is 0.411 e. The predicted molar refractivity (Wildman–Crippen MR) is 53.1 cm³/mol. The van der Waals surface area contributed by atoms with Crippen LogP contribution in [0.4, 0.5) is 39.5 Å². The van der Waals surface area contributed by atoms with Crippen molar-refractivity contribution in [2.24, 2.45) is 0 Å². The number of alkyl halides is 6. The second kappa shape index (κ2) is 5.42. The molecular weight excluding hydrogens is 351 g/mol. The van der Waals surface area contributed by atoms with E-state index in [2.05, 4.69) is 0 Å². The lowest BCUT2D eigenvalue weighted by atomic mass is 9.96. The standard InChI is InChI=1S/C11H3F9O3/c12-4-1-3(2-5(13)6(4)14)7(21)9(15,16)11(19,20)10(17,18)8(22)23/h1-2H,(H,22,23). The molecule has 0 saturated heterocycles. The minimum Gasteiger partial charge on any atom is -0.477 e. The van der Waals surface area contributed by atoms with Crippen LogP contribution in [0.3, 0.4) is 0 Å². The van der Waals surface area contributed by atoms with Gasteiger partial charge in [-0.15, -0.1) is 0 Å². The van der Waals surface area contributed by atoms with E-state index in [-0.39, 0.29) is 0 Å². The van der Waals surface area contributed by atoms with Crippen LogP contribution in [-0.4, -0.2) is 34.6 Å². The summed E-state index contributed by atoms with van der Waals surface area (Å²) in [4.78, 5) is 21.2. The van der Waals surface area contributed by atoms with Gasteiger partial charge < -0.3 is 5.11 Å². The number of ketones is 1. The van der Waals surface area contributed by atoms with Crippen molar-refractivity contribution in [1.29, 1.82) is 0 Å². The minimum atomic E-state index is -6.73. The van der Waals surface area contributed by atoms with Crippen LogP contribution >= 0.6 is 0 Å². The average Bonchev–Trinajstić information content (AvgIpc) is 2.42. The second-order valence-electron chi connectivity index (χ2n) is 4.11. The largest absolute Gasteiger partial charge is 0.477 e. The number of aliphatic carboxylic acids is 1. The van der Waals surface area contributed by atoms with Gasteiger partial charge in [-0.3, -0.25) is 4.79 Å². The van der Waals surface area contributed by atoms with Gasteiger partial charge in [0, 0.05) is 5.56 Å². The fourth-order valence-corrected chi connectivity index (χ4v) is 1.34. The van der Waals surface area contributed by atoms with Gasteiger partial charge in [-0.25, -0.2) is 18.0 Å². The fourth-order valence-electron chi connectivity index (χ4n) is 1.34. The maximum absolute atomic E-state index is 13.3. The first kappa shape index (κ1) is 18.8. The summed E-state index contributed by atoms with van der Waals surface area (Å²) >= 11 is 0. The number of carboxylic acid groups (broad SMARTS) is 1. The van der Waals surface area contributed by atoms with E-state index in [1.54, 1.807) is 0 Å². The molecule has 0 radical (unpaired) electrons. The summed E-state index contributed by atoms with van der Waals surface area (Å²) in [5, 5.41) is 7.87. The zero-order valence-corrected chi connectivity index (χ0v) is 10.3. The molecule has 0 atom stereocenters. The van der Waals surface area contributed by atoms with E-state index in [1.807, 2.05) is 0 Å². The molecule has 0 aliphatic heterocycles. The topological polar surface area (TPSA) is 54.4 Å². The average molecular weight is 354 g/mol. The number of Topliss-reactive ketones (excluding diaryl/α,β-unsaturated/α-hetero) is 1. The highest BCUT2D eigenvalue weighted by Crippen LogP contribution is 2.47. The molecule has 0 heterocycles. The lowest BCUT2D eigenvalue weighted by molar-refractivity contribution is -0.285. The van der Waals surface area contributed by atoms with Crippen molar-refractivity contribution in [3.8, 4) is 0 Å². The summed E-state index contributed by atoms with van der Waals surface area (Å²) in [7, 11) is 0. The quantitative estimate of drug-likeness (QED) is 0.502. The Kier molecular flexibility index (Phi) is 4.43. The molecule has 128 valence electrons. The van der Waals surface area contributed by atoms with Gasteiger partial charge in [0.05, 0.1) is 0 Å². The maximum atomic E-state index is 13.3. The van der Waals surface area contributed by atoms with Crippen molar-refractivity contribution >= 4 is 11.8 Å². The van der Waals surface area contributed by atoms with E-state index >= 15 is 0 Å². The highest BCUT2D eigenvalue weighted by molar-refractivity contribution is 6.02. The second-order valence-corrected chi connectivity index (χ2v) is 4.11. The van der Waals surface area contributed by atoms with E-state index in [0.29, 0.717) is 0 Å². The molecule has 1 aromatic rings. The van der Waals surface area contributed by atoms with Crippen LogP contribution in [0.1, 0.15) is 10.4 Å². The van der Waals surface area contributed by atoms with Crippen molar-refractivity contribution < 1.29 is 54.2 Å². The van der Waals surface area contributed by atoms with Crippen LogP contribution in [-0.2, 0) is 4.79 Å². The number of halogens is 9. The number of carboxylic acids is 1. The molecule has 0 aromatic heterocycles. The predicted octanol–water partition coefficient (Wildman–Crippen LogP) is 3.28. The Balaban J connectivity index is 3.43. The van der Waals surface area contributed by atoms with E-state index in [9.17, 15) is 49.1 Å². The summed E-state index contributed by atoms with van der Waals surface area (Å²) in [6.45, 7) is 0. The molecule has 12 heteroatoms. The zero-order chi connectivity index (χ0) is 18.4. The van der Waals surface area contributed by atoms with Gasteiger partial charge in [-0.05, 0) is 12.1 Å². The van der Waals surface area contributed by atoms with Crippen molar-refractivity contribution in [3.63, 3.8) is 0 Å². The molecule has 1 rings (SSSR count). The van der Waals surface area contributed by atoms with Crippen LogP contribution in [0.5, 0.6) is 0 Å². The molecule has 1 aromatic carbocycles. The molecule has 0 aliphatic rings. The molecule has 0 aliphatic carbocycles. The van der Waals surface area contributed by atoms with Gasteiger partial charge in [0.1, 0.15) is 0 Å². The number of hydrogen-bond acceptors (Lipinski definition) is 2. The van der Waals surface area contributed by atoms with Gasteiger partial charge in [0.2, 0.25) is 5.78 Å². The van der Waals surface area contributed by atoms with Crippen LogP contribution in [0.2, 0.25) is 0 Å². The molecule has 1 N–H and O–H groups in total. The summed E-state index contributed by atoms with van der Waals surface area (Å²) < 4.78 is 116. The van der Waals surface area contributed by atoms with Crippen LogP contribution in [0, 0.1) is 17.5 Å². The third-order valence-electron chi connectivity index (χ3n) is 2.59. The highest BCUT2D eigenvalue weighted by atomic mass is 19.3. The Bertz CT molecular complexity index is 646. The lowest BCUT2D eigenvalue weighted by Crippen LogP contribution is -2.61. The van der Waals surface area contributed by atoms with Gasteiger partial charge >= 0.3 is 23.7 Å². The highest BCUT2D eigenvalue weighted by Gasteiger charge is 2.78. The molecule has 0 saturated carbocycles.